The smallest absolute Gasteiger partial charge is 0.321 e. The molecule has 0 bridgehead atoms. The molecule has 34 heavy (non-hydrogen) atoms. The molecule has 6 nitrogen and oxygen atoms in total. The largest absolute Gasteiger partial charge is 0.493 e. The lowest BCUT2D eigenvalue weighted by molar-refractivity contribution is -0.139. The predicted molar refractivity (Wildman–Crippen MR) is 131 cm³/mol. The molecule has 6 heteroatoms. The maximum Gasteiger partial charge on any atom is 0.321 e. The summed E-state index contributed by atoms with van der Waals surface area (Å²) in [6.45, 7) is 2.89. The third-order valence-electron chi connectivity index (χ3n) is 5.58. The van der Waals surface area contributed by atoms with Crippen LogP contribution in [0.4, 0.5) is 0 Å². The summed E-state index contributed by atoms with van der Waals surface area (Å²) in [5.41, 5.74) is 3.81. The molecule has 1 aromatic heterocycles. The van der Waals surface area contributed by atoms with E-state index in [1.807, 2.05) is 91.9 Å². The molecule has 0 amide bonds. The number of hydrogen-bond acceptors (Lipinski definition) is 5. The Labute approximate surface area is 199 Å². The van der Waals surface area contributed by atoms with Crippen LogP contribution in [0.3, 0.4) is 0 Å². The fourth-order valence-corrected chi connectivity index (χ4v) is 3.67. The molecule has 0 saturated carbocycles. The van der Waals surface area contributed by atoms with E-state index in [9.17, 15) is 9.90 Å². The lowest BCUT2D eigenvalue weighted by atomic mass is 10.1. The van der Waals surface area contributed by atoms with Crippen LogP contribution in [0.1, 0.15) is 22.6 Å². The van der Waals surface area contributed by atoms with Crippen molar-refractivity contribution in [2.45, 2.75) is 32.4 Å². The van der Waals surface area contributed by atoms with E-state index in [4.69, 9.17) is 9.15 Å². The molecule has 0 spiro atoms. The van der Waals surface area contributed by atoms with Gasteiger partial charge in [0.2, 0.25) is 5.89 Å². The number of rotatable bonds is 11. The van der Waals surface area contributed by atoms with Gasteiger partial charge >= 0.3 is 5.97 Å². The minimum absolute atomic E-state index is 0.392. The molecule has 4 aromatic rings. The number of ether oxygens (including phenoxy) is 1. The van der Waals surface area contributed by atoms with Crippen molar-refractivity contribution in [1.82, 2.24) is 10.3 Å². The first-order valence-electron chi connectivity index (χ1n) is 11.3. The van der Waals surface area contributed by atoms with E-state index >= 15 is 0 Å². The van der Waals surface area contributed by atoms with Gasteiger partial charge in [0.1, 0.15) is 17.6 Å². The maximum absolute atomic E-state index is 11.7. The molecule has 0 unspecified atom stereocenters. The van der Waals surface area contributed by atoms with Crippen LogP contribution >= 0.6 is 0 Å². The summed E-state index contributed by atoms with van der Waals surface area (Å²) in [5.74, 6) is 1.28. The predicted octanol–water partition coefficient (Wildman–Crippen LogP) is 5.06. The van der Waals surface area contributed by atoms with Gasteiger partial charge in [-0.25, -0.2) is 4.98 Å². The molecule has 0 radical (unpaired) electrons. The van der Waals surface area contributed by atoms with E-state index in [1.165, 1.54) is 0 Å². The molecule has 174 valence electrons. The van der Waals surface area contributed by atoms with Gasteiger partial charge in [0.25, 0.3) is 0 Å². The molecule has 4 rings (SSSR count). The fraction of sp³-hybridized carbons (Fsp3) is 0.214. The van der Waals surface area contributed by atoms with Crippen molar-refractivity contribution in [1.29, 1.82) is 0 Å². The summed E-state index contributed by atoms with van der Waals surface area (Å²) in [4.78, 5) is 16.3. The van der Waals surface area contributed by atoms with E-state index in [0.717, 1.165) is 33.9 Å². The number of hydrogen-bond donors (Lipinski definition) is 2. The standard InChI is InChI=1S/C28H28N2O4/c1-20-25(30-27(34-20)23-10-6-3-7-11-23)16-17-33-24-14-12-21(13-15-24)18-26(28(31)32)29-19-22-8-4-2-5-9-22/h2-15,26,29H,16-19H2,1H3,(H,31,32)/t26-/m0/s1. The molecule has 0 fully saturated rings. The highest BCUT2D eigenvalue weighted by Gasteiger charge is 2.17. The molecule has 0 aliphatic carbocycles. The molecule has 1 heterocycles. The van der Waals surface area contributed by atoms with Gasteiger partial charge in [-0.1, -0.05) is 60.7 Å². The Morgan fingerprint density at radius 2 is 1.65 bits per heavy atom. The van der Waals surface area contributed by atoms with Gasteiger partial charge < -0.3 is 19.6 Å². The van der Waals surface area contributed by atoms with Crippen molar-refractivity contribution in [2.24, 2.45) is 0 Å². The summed E-state index contributed by atoms with van der Waals surface area (Å²) < 4.78 is 11.7. The zero-order valence-electron chi connectivity index (χ0n) is 19.1. The third-order valence-corrected chi connectivity index (χ3v) is 5.58. The Hall–Kier alpha value is -3.90. The molecule has 1 atom stereocenters. The Morgan fingerprint density at radius 1 is 0.971 bits per heavy atom. The van der Waals surface area contributed by atoms with Crippen LogP contribution in [0.2, 0.25) is 0 Å². The van der Waals surface area contributed by atoms with Crippen molar-refractivity contribution in [3.8, 4) is 17.2 Å². The Balaban J connectivity index is 1.28. The van der Waals surface area contributed by atoms with Crippen molar-refractivity contribution >= 4 is 5.97 Å². The number of nitrogens with zero attached hydrogens (tertiary/aromatic N) is 1. The summed E-state index contributed by atoms with van der Waals surface area (Å²) in [6, 6.07) is 26.5. The molecule has 2 N–H and O–H groups in total. The Bertz CT molecular complexity index is 1190. The summed E-state index contributed by atoms with van der Waals surface area (Å²) in [7, 11) is 0. The summed E-state index contributed by atoms with van der Waals surface area (Å²) in [6.07, 6.45) is 1.03. The number of aromatic nitrogens is 1. The van der Waals surface area contributed by atoms with Crippen LogP contribution < -0.4 is 10.1 Å². The van der Waals surface area contributed by atoms with Crippen LogP contribution in [0, 0.1) is 6.92 Å². The highest BCUT2D eigenvalue weighted by atomic mass is 16.5. The van der Waals surface area contributed by atoms with Gasteiger partial charge in [0.05, 0.1) is 12.3 Å². The second-order valence-corrected chi connectivity index (χ2v) is 8.09. The van der Waals surface area contributed by atoms with Crippen molar-refractivity contribution in [3.05, 3.63) is 108 Å². The molecule has 0 aliphatic heterocycles. The lowest BCUT2D eigenvalue weighted by Gasteiger charge is -2.15. The maximum atomic E-state index is 11.7. The van der Waals surface area contributed by atoms with Crippen LogP contribution in [-0.2, 0) is 24.2 Å². The van der Waals surface area contributed by atoms with Crippen LogP contribution in [0.15, 0.2) is 89.3 Å². The Morgan fingerprint density at radius 3 is 2.32 bits per heavy atom. The van der Waals surface area contributed by atoms with E-state index in [0.29, 0.717) is 31.9 Å². The minimum atomic E-state index is -0.867. The lowest BCUT2D eigenvalue weighted by Crippen LogP contribution is -2.38. The first-order chi connectivity index (χ1) is 16.6. The molecular weight excluding hydrogens is 428 g/mol. The molecule has 0 aliphatic rings. The van der Waals surface area contributed by atoms with Gasteiger partial charge in [0, 0.05) is 18.5 Å². The summed E-state index contributed by atoms with van der Waals surface area (Å²) >= 11 is 0. The monoisotopic (exact) mass is 456 g/mol. The first-order valence-corrected chi connectivity index (χ1v) is 11.3. The average Bonchev–Trinajstić information content (AvgIpc) is 3.24. The van der Waals surface area contributed by atoms with Crippen LogP contribution in [0.25, 0.3) is 11.5 Å². The van der Waals surface area contributed by atoms with Gasteiger partial charge in [0.15, 0.2) is 0 Å². The number of oxazole rings is 1. The molecule has 0 saturated heterocycles. The zero-order valence-corrected chi connectivity index (χ0v) is 19.1. The minimum Gasteiger partial charge on any atom is -0.493 e. The SMILES string of the molecule is Cc1oc(-c2ccccc2)nc1CCOc1ccc(C[C@H](NCc2ccccc2)C(=O)O)cc1. The topological polar surface area (TPSA) is 84.6 Å². The van der Waals surface area contributed by atoms with Gasteiger partial charge in [-0.15, -0.1) is 0 Å². The van der Waals surface area contributed by atoms with Crippen LogP contribution in [0.5, 0.6) is 5.75 Å². The Kier molecular flexibility index (Phi) is 7.73. The molecule has 3 aromatic carbocycles. The van der Waals surface area contributed by atoms with E-state index < -0.39 is 12.0 Å². The number of benzene rings is 3. The number of carboxylic acids is 1. The van der Waals surface area contributed by atoms with Crippen molar-refractivity contribution in [2.75, 3.05) is 6.61 Å². The van der Waals surface area contributed by atoms with Gasteiger partial charge in [-0.2, -0.15) is 0 Å². The first kappa shape index (κ1) is 23.3. The number of carbonyl (C=O) groups is 1. The van der Waals surface area contributed by atoms with E-state index in [-0.39, 0.29) is 0 Å². The molecular formula is C28H28N2O4. The van der Waals surface area contributed by atoms with Crippen molar-refractivity contribution < 1.29 is 19.1 Å². The van der Waals surface area contributed by atoms with E-state index in [1.54, 1.807) is 0 Å². The number of aliphatic carboxylic acids is 1. The quantitative estimate of drug-likeness (QED) is 0.328. The van der Waals surface area contributed by atoms with E-state index in [2.05, 4.69) is 10.3 Å². The number of carboxylic acid groups (broad SMARTS) is 1. The average molecular weight is 457 g/mol. The second kappa shape index (κ2) is 11.3. The zero-order chi connectivity index (χ0) is 23.8. The highest BCUT2D eigenvalue weighted by molar-refractivity contribution is 5.74. The van der Waals surface area contributed by atoms with Gasteiger partial charge in [-0.05, 0) is 48.7 Å². The summed E-state index contributed by atoms with van der Waals surface area (Å²) in [5, 5.41) is 12.7. The second-order valence-electron chi connectivity index (χ2n) is 8.09. The highest BCUT2D eigenvalue weighted by Crippen LogP contribution is 2.22. The number of aryl methyl sites for hydroxylation is 1. The van der Waals surface area contributed by atoms with Crippen LogP contribution in [-0.4, -0.2) is 28.7 Å². The normalized spacial score (nSPS) is 11.8. The van der Waals surface area contributed by atoms with Crippen molar-refractivity contribution in [3.63, 3.8) is 0 Å². The number of nitrogens with one attached hydrogen (secondary N) is 1. The third kappa shape index (κ3) is 6.33. The van der Waals surface area contributed by atoms with Gasteiger partial charge in [-0.3, -0.25) is 4.79 Å². The fourth-order valence-electron chi connectivity index (χ4n) is 3.67.